The van der Waals surface area contributed by atoms with Gasteiger partial charge in [0.25, 0.3) is 0 Å². The Morgan fingerprint density at radius 1 is 0.941 bits per heavy atom. The van der Waals surface area contributed by atoms with Gasteiger partial charge in [0.1, 0.15) is 23.1 Å². The number of aromatic amines is 1. The quantitative estimate of drug-likeness (QED) is 0.666. The molecule has 0 spiro atoms. The molecule has 0 atom stereocenters. The average molecular weight is 232 g/mol. The lowest BCUT2D eigenvalue weighted by Gasteiger charge is -2.17. The molecule has 3 heterocycles. The number of aromatic nitrogens is 2. The molecule has 6 heteroatoms. The first-order valence-electron chi connectivity index (χ1n) is 6.06. The van der Waals surface area contributed by atoms with Crippen LogP contribution in [0, 0.1) is 0 Å². The first-order valence-corrected chi connectivity index (χ1v) is 6.06. The molecule has 0 aliphatic carbocycles. The van der Waals surface area contributed by atoms with E-state index in [2.05, 4.69) is 30.6 Å². The summed E-state index contributed by atoms with van der Waals surface area (Å²) >= 11 is 0. The summed E-state index contributed by atoms with van der Waals surface area (Å²) in [7, 11) is 0. The van der Waals surface area contributed by atoms with Crippen LogP contribution in [0.1, 0.15) is 24.2 Å². The standard InChI is InChI=1S/C11H16N6/c1-3-12-10(13-4-1)8-9(17-7-16-8)11-14-5-2-6-15-11/h7H,1-6H2,(H,12,13)(H,14,15)(H,16,17). The Labute approximate surface area is 99.7 Å². The summed E-state index contributed by atoms with van der Waals surface area (Å²) in [5.74, 6) is 1.78. The Hall–Kier alpha value is -1.85. The van der Waals surface area contributed by atoms with E-state index in [1.54, 1.807) is 6.33 Å². The van der Waals surface area contributed by atoms with Crippen molar-refractivity contribution in [1.82, 2.24) is 20.6 Å². The number of amidine groups is 2. The minimum atomic E-state index is 0.870. The zero-order valence-electron chi connectivity index (χ0n) is 9.66. The highest BCUT2D eigenvalue weighted by Gasteiger charge is 2.19. The summed E-state index contributed by atoms with van der Waals surface area (Å²) < 4.78 is 0. The van der Waals surface area contributed by atoms with Crippen molar-refractivity contribution in [2.75, 3.05) is 26.2 Å². The SMILES string of the molecule is c1nc(C2=NCCCN2)c(C2=NCCCN2)[nH]1. The number of aliphatic imine (C=N–C) groups is 2. The van der Waals surface area contributed by atoms with Gasteiger partial charge in [-0.25, -0.2) is 4.98 Å². The summed E-state index contributed by atoms with van der Waals surface area (Å²) in [6.45, 7) is 3.68. The van der Waals surface area contributed by atoms with Gasteiger partial charge >= 0.3 is 0 Å². The molecule has 6 nitrogen and oxygen atoms in total. The second kappa shape index (κ2) is 4.57. The molecule has 0 saturated heterocycles. The van der Waals surface area contributed by atoms with Crippen molar-refractivity contribution >= 4 is 11.7 Å². The Morgan fingerprint density at radius 3 is 2.29 bits per heavy atom. The molecule has 17 heavy (non-hydrogen) atoms. The van der Waals surface area contributed by atoms with E-state index in [0.29, 0.717) is 0 Å². The maximum atomic E-state index is 4.48. The second-order valence-electron chi connectivity index (χ2n) is 4.15. The third-order valence-electron chi connectivity index (χ3n) is 2.89. The van der Waals surface area contributed by atoms with Gasteiger partial charge in [0.05, 0.1) is 6.33 Å². The maximum Gasteiger partial charge on any atom is 0.149 e. The highest BCUT2D eigenvalue weighted by Crippen LogP contribution is 2.08. The Kier molecular flexibility index (Phi) is 2.77. The molecule has 3 N–H and O–H groups in total. The monoisotopic (exact) mass is 232 g/mol. The molecule has 1 aromatic heterocycles. The summed E-state index contributed by atoms with van der Waals surface area (Å²) in [6.07, 6.45) is 3.87. The summed E-state index contributed by atoms with van der Waals surface area (Å²) in [5.41, 5.74) is 1.82. The van der Waals surface area contributed by atoms with Crippen LogP contribution in [0.25, 0.3) is 0 Å². The Morgan fingerprint density at radius 2 is 1.65 bits per heavy atom. The van der Waals surface area contributed by atoms with Crippen LogP contribution < -0.4 is 10.6 Å². The minimum Gasteiger partial charge on any atom is -0.369 e. The second-order valence-corrected chi connectivity index (χ2v) is 4.15. The van der Waals surface area contributed by atoms with Crippen LogP contribution in [0.4, 0.5) is 0 Å². The maximum absolute atomic E-state index is 4.48. The number of imidazole rings is 1. The number of H-pyrrole nitrogens is 1. The molecule has 2 aliphatic rings. The summed E-state index contributed by atoms with van der Waals surface area (Å²) in [4.78, 5) is 16.4. The molecule has 0 aromatic carbocycles. The van der Waals surface area contributed by atoms with Gasteiger partial charge in [0.15, 0.2) is 0 Å². The van der Waals surface area contributed by atoms with Crippen molar-refractivity contribution < 1.29 is 0 Å². The third-order valence-corrected chi connectivity index (χ3v) is 2.89. The summed E-state index contributed by atoms with van der Waals surface area (Å²) in [5, 5.41) is 6.58. The fourth-order valence-corrected chi connectivity index (χ4v) is 2.05. The van der Waals surface area contributed by atoms with Crippen LogP contribution in [0.3, 0.4) is 0 Å². The normalized spacial score (nSPS) is 20.0. The minimum absolute atomic E-state index is 0.870. The van der Waals surface area contributed by atoms with Crippen LogP contribution in [0.5, 0.6) is 0 Å². The predicted octanol–water partition coefficient (Wildman–Crippen LogP) is -0.110. The van der Waals surface area contributed by atoms with E-state index >= 15 is 0 Å². The molecule has 0 radical (unpaired) electrons. The molecular formula is C11H16N6. The zero-order chi connectivity index (χ0) is 11.5. The molecule has 1 aromatic rings. The molecule has 2 aliphatic heterocycles. The van der Waals surface area contributed by atoms with E-state index in [4.69, 9.17) is 0 Å². The van der Waals surface area contributed by atoms with Crippen molar-refractivity contribution in [3.63, 3.8) is 0 Å². The van der Waals surface area contributed by atoms with Crippen LogP contribution in [-0.4, -0.2) is 47.8 Å². The molecule has 0 saturated carbocycles. The Bertz CT molecular complexity index is 418. The van der Waals surface area contributed by atoms with Gasteiger partial charge in [-0.2, -0.15) is 0 Å². The molecule has 90 valence electrons. The van der Waals surface area contributed by atoms with Gasteiger partial charge in [-0.05, 0) is 12.8 Å². The topological polar surface area (TPSA) is 77.5 Å². The number of nitrogens with zero attached hydrogens (tertiary/aromatic N) is 3. The molecular weight excluding hydrogens is 216 g/mol. The molecule has 3 rings (SSSR count). The lowest BCUT2D eigenvalue weighted by atomic mass is 10.2. The molecule has 0 bridgehead atoms. The van der Waals surface area contributed by atoms with Crippen molar-refractivity contribution in [1.29, 1.82) is 0 Å². The molecule has 0 amide bonds. The van der Waals surface area contributed by atoms with E-state index < -0.39 is 0 Å². The van der Waals surface area contributed by atoms with Crippen molar-refractivity contribution in [2.24, 2.45) is 9.98 Å². The highest BCUT2D eigenvalue weighted by atomic mass is 15.1. The predicted molar refractivity (Wildman–Crippen MR) is 66.6 cm³/mol. The van der Waals surface area contributed by atoms with Gasteiger partial charge in [-0.15, -0.1) is 0 Å². The fourth-order valence-electron chi connectivity index (χ4n) is 2.05. The van der Waals surface area contributed by atoms with E-state index in [9.17, 15) is 0 Å². The lowest BCUT2D eigenvalue weighted by Crippen LogP contribution is -2.35. The zero-order valence-corrected chi connectivity index (χ0v) is 9.66. The summed E-state index contributed by atoms with van der Waals surface area (Å²) in [6, 6.07) is 0. The smallest absolute Gasteiger partial charge is 0.149 e. The molecule has 0 unspecified atom stereocenters. The van der Waals surface area contributed by atoms with E-state index in [-0.39, 0.29) is 0 Å². The molecule has 0 fully saturated rings. The van der Waals surface area contributed by atoms with Gasteiger partial charge in [0.2, 0.25) is 0 Å². The Balaban J connectivity index is 1.93. The van der Waals surface area contributed by atoms with E-state index in [0.717, 1.165) is 62.1 Å². The van der Waals surface area contributed by atoms with Gasteiger partial charge < -0.3 is 15.6 Å². The lowest BCUT2D eigenvalue weighted by molar-refractivity contribution is 0.735. The average Bonchev–Trinajstić information content (AvgIpc) is 2.90. The largest absolute Gasteiger partial charge is 0.369 e. The van der Waals surface area contributed by atoms with Crippen molar-refractivity contribution in [3.05, 3.63) is 17.7 Å². The number of nitrogens with one attached hydrogen (secondary N) is 3. The van der Waals surface area contributed by atoms with E-state index in [1.807, 2.05) is 0 Å². The fraction of sp³-hybridized carbons (Fsp3) is 0.545. The van der Waals surface area contributed by atoms with Crippen molar-refractivity contribution in [2.45, 2.75) is 12.8 Å². The van der Waals surface area contributed by atoms with Crippen LogP contribution in [-0.2, 0) is 0 Å². The first kappa shape index (κ1) is 10.3. The van der Waals surface area contributed by atoms with E-state index in [1.165, 1.54) is 0 Å². The third kappa shape index (κ3) is 2.02. The number of hydrogen-bond acceptors (Lipinski definition) is 5. The van der Waals surface area contributed by atoms with Gasteiger partial charge in [-0.3, -0.25) is 9.98 Å². The number of rotatable bonds is 2. The van der Waals surface area contributed by atoms with Crippen LogP contribution >= 0.6 is 0 Å². The first-order chi connectivity index (χ1) is 8.45. The van der Waals surface area contributed by atoms with Crippen LogP contribution in [0.15, 0.2) is 16.3 Å². The van der Waals surface area contributed by atoms with Crippen LogP contribution in [0.2, 0.25) is 0 Å². The highest BCUT2D eigenvalue weighted by molar-refractivity contribution is 6.09. The van der Waals surface area contributed by atoms with Gasteiger partial charge in [-0.1, -0.05) is 0 Å². The number of hydrogen-bond donors (Lipinski definition) is 3. The van der Waals surface area contributed by atoms with Gasteiger partial charge in [0, 0.05) is 26.2 Å². The van der Waals surface area contributed by atoms with Crippen molar-refractivity contribution in [3.8, 4) is 0 Å².